The van der Waals surface area contributed by atoms with E-state index in [0.29, 0.717) is 17.8 Å². The lowest BCUT2D eigenvalue weighted by atomic mass is 9.68. The zero-order valence-corrected chi connectivity index (χ0v) is 9.95. The van der Waals surface area contributed by atoms with Crippen molar-refractivity contribution in [3.8, 4) is 12.3 Å². The molecule has 2 nitrogen and oxygen atoms in total. The molecule has 0 heterocycles. The quantitative estimate of drug-likeness (QED) is 0.399. The first kappa shape index (κ1) is 12.1. The topological polar surface area (TPSA) is 32.6 Å². The summed E-state index contributed by atoms with van der Waals surface area (Å²) in [6.07, 6.45) is 9.12. The molecule has 2 heteroatoms. The number of terminal acetylenes is 1. The van der Waals surface area contributed by atoms with Crippen molar-refractivity contribution in [2.75, 3.05) is 0 Å². The number of hydrogen-bond donors (Lipinski definition) is 1. The van der Waals surface area contributed by atoms with Crippen LogP contribution in [0.15, 0.2) is 5.16 Å². The van der Waals surface area contributed by atoms with Gasteiger partial charge in [0.15, 0.2) is 0 Å². The van der Waals surface area contributed by atoms with E-state index in [2.05, 4.69) is 31.8 Å². The van der Waals surface area contributed by atoms with Gasteiger partial charge in [-0.2, -0.15) is 0 Å². The highest BCUT2D eigenvalue weighted by Gasteiger charge is 2.33. The molecule has 1 fully saturated rings. The van der Waals surface area contributed by atoms with Gasteiger partial charge in [0.2, 0.25) is 0 Å². The van der Waals surface area contributed by atoms with Crippen molar-refractivity contribution < 1.29 is 5.21 Å². The Kier molecular flexibility index (Phi) is 3.79. The molecule has 15 heavy (non-hydrogen) atoms. The van der Waals surface area contributed by atoms with Crippen LogP contribution >= 0.6 is 0 Å². The zero-order chi connectivity index (χ0) is 11.5. The fraction of sp³-hybridized carbons (Fsp3) is 0.769. The molecule has 0 aromatic heterocycles. The Morgan fingerprint density at radius 2 is 2.20 bits per heavy atom. The summed E-state index contributed by atoms with van der Waals surface area (Å²) in [4.78, 5) is 0. The summed E-state index contributed by atoms with van der Waals surface area (Å²) in [5.41, 5.74) is 1.22. The molecule has 84 valence electrons. The number of nitrogens with zero attached hydrogens (tertiary/aromatic N) is 1. The van der Waals surface area contributed by atoms with Gasteiger partial charge in [-0.3, -0.25) is 0 Å². The minimum Gasteiger partial charge on any atom is -0.411 e. The third-order valence-electron chi connectivity index (χ3n) is 3.51. The molecule has 0 aliphatic heterocycles. The van der Waals surface area contributed by atoms with Crippen LogP contribution in [-0.2, 0) is 0 Å². The van der Waals surface area contributed by atoms with Gasteiger partial charge in [-0.05, 0) is 30.6 Å². The lowest BCUT2D eigenvalue weighted by Crippen LogP contribution is -2.32. The maximum Gasteiger partial charge on any atom is 0.0611 e. The van der Waals surface area contributed by atoms with Crippen LogP contribution in [0.3, 0.4) is 0 Å². The van der Waals surface area contributed by atoms with Crippen molar-refractivity contribution in [1.82, 2.24) is 0 Å². The predicted octanol–water partition coefficient (Wildman–Crippen LogP) is 3.30. The Bertz CT molecular complexity index is 280. The minimum absolute atomic E-state index is 0.290. The second kappa shape index (κ2) is 4.70. The third kappa shape index (κ3) is 2.99. The van der Waals surface area contributed by atoms with Crippen LogP contribution in [0.25, 0.3) is 0 Å². The maximum atomic E-state index is 8.90. The van der Waals surface area contributed by atoms with Crippen LogP contribution in [0, 0.1) is 29.6 Å². The van der Waals surface area contributed by atoms with Crippen LogP contribution in [0.2, 0.25) is 0 Å². The van der Waals surface area contributed by atoms with Gasteiger partial charge in [0.1, 0.15) is 0 Å². The van der Waals surface area contributed by atoms with E-state index in [1.165, 1.54) is 0 Å². The number of hydrogen-bond acceptors (Lipinski definition) is 2. The largest absolute Gasteiger partial charge is 0.411 e. The average Bonchev–Trinajstić information content (AvgIpc) is 2.17. The molecule has 0 spiro atoms. The highest BCUT2D eigenvalue weighted by molar-refractivity contribution is 5.87. The average molecular weight is 207 g/mol. The van der Waals surface area contributed by atoms with Gasteiger partial charge in [0.05, 0.1) is 5.71 Å². The summed E-state index contributed by atoms with van der Waals surface area (Å²) in [5, 5.41) is 12.3. The molecular formula is C13H21NO. The monoisotopic (exact) mass is 207 g/mol. The van der Waals surface area contributed by atoms with Crippen molar-refractivity contribution in [1.29, 1.82) is 0 Å². The standard InChI is InChI=1S/C13H21NO/c1-5-6-10-9-11(13(2,3)4)7-8-12(10)14-15/h1,10-11,15H,6-9H2,2-4H3. The first-order chi connectivity index (χ1) is 6.99. The molecule has 0 aromatic carbocycles. The Labute approximate surface area is 92.8 Å². The molecule has 1 aliphatic carbocycles. The molecule has 0 saturated heterocycles. The number of rotatable bonds is 1. The summed E-state index contributed by atoms with van der Waals surface area (Å²) in [7, 11) is 0. The van der Waals surface area contributed by atoms with Crippen molar-refractivity contribution >= 4 is 5.71 Å². The Morgan fingerprint density at radius 1 is 1.53 bits per heavy atom. The van der Waals surface area contributed by atoms with Crippen LogP contribution in [0.1, 0.15) is 46.5 Å². The fourth-order valence-corrected chi connectivity index (χ4v) is 2.39. The molecule has 1 saturated carbocycles. The summed E-state index contributed by atoms with van der Waals surface area (Å²) in [5.74, 6) is 3.65. The van der Waals surface area contributed by atoms with E-state index >= 15 is 0 Å². The SMILES string of the molecule is C#CCC1CC(C(C)(C)C)CCC1=NO. The summed E-state index contributed by atoms with van der Waals surface area (Å²) in [6.45, 7) is 6.81. The van der Waals surface area contributed by atoms with Crippen LogP contribution < -0.4 is 0 Å². The first-order valence-electron chi connectivity index (χ1n) is 5.63. The molecule has 0 amide bonds. The molecular weight excluding hydrogens is 186 g/mol. The summed E-state index contributed by atoms with van der Waals surface area (Å²) >= 11 is 0. The van der Waals surface area contributed by atoms with Crippen molar-refractivity contribution in [2.24, 2.45) is 22.4 Å². The Hall–Kier alpha value is -0.970. The molecule has 2 atom stereocenters. The van der Waals surface area contributed by atoms with Gasteiger partial charge in [0, 0.05) is 12.3 Å². The lowest BCUT2D eigenvalue weighted by Gasteiger charge is -2.37. The maximum absolute atomic E-state index is 8.90. The first-order valence-corrected chi connectivity index (χ1v) is 5.63. The summed E-state index contributed by atoms with van der Waals surface area (Å²) < 4.78 is 0. The van der Waals surface area contributed by atoms with Gasteiger partial charge < -0.3 is 5.21 Å². The van der Waals surface area contributed by atoms with E-state index < -0.39 is 0 Å². The Balaban J connectivity index is 2.71. The van der Waals surface area contributed by atoms with Gasteiger partial charge in [-0.25, -0.2) is 0 Å². The van der Waals surface area contributed by atoms with Crippen LogP contribution in [0.4, 0.5) is 0 Å². The van der Waals surface area contributed by atoms with E-state index in [1.807, 2.05) is 0 Å². The minimum atomic E-state index is 0.290. The molecule has 0 aromatic rings. The second-order valence-electron chi connectivity index (χ2n) is 5.53. The molecule has 0 bridgehead atoms. The normalized spacial score (nSPS) is 30.1. The van der Waals surface area contributed by atoms with Crippen LogP contribution in [0.5, 0.6) is 0 Å². The van der Waals surface area contributed by atoms with Crippen molar-refractivity contribution in [3.05, 3.63) is 0 Å². The van der Waals surface area contributed by atoms with E-state index in [0.717, 1.165) is 25.0 Å². The highest BCUT2D eigenvalue weighted by Crippen LogP contribution is 2.40. The smallest absolute Gasteiger partial charge is 0.0611 e. The molecule has 2 unspecified atom stereocenters. The van der Waals surface area contributed by atoms with Gasteiger partial charge in [-0.15, -0.1) is 12.3 Å². The third-order valence-corrected chi connectivity index (χ3v) is 3.51. The molecule has 1 N–H and O–H groups in total. The summed E-state index contributed by atoms with van der Waals surface area (Å²) in [6, 6.07) is 0. The van der Waals surface area contributed by atoms with E-state index in [4.69, 9.17) is 11.6 Å². The van der Waals surface area contributed by atoms with Crippen LogP contribution in [-0.4, -0.2) is 10.9 Å². The highest BCUT2D eigenvalue weighted by atomic mass is 16.4. The predicted molar refractivity (Wildman–Crippen MR) is 63.0 cm³/mol. The molecule has 1 rings (SSSR count). The van der Waals surface area contributed by atoms with Gasteiger partial charge in [0.25, 0.3) is 0 Å². The fourth-order valence-electron chi connectivity index (χ4n) is 2.39. The molecule has 1 aliphatic rings. The zero-order valence-electron chi connectivity index (χ0n) is 9.95. The van der Waals surface area contributed by atoms with E-state index in [-0.39, 0.29) is 5.92 Å². The van der Waals surface area contributed by atoms with E-state index in [1.54, 1.807) is 0 Å². The molecule has 0 radical (unpaired) electrons. The lowest BCUT2D eigenvalue weighted by molar-refractivity contribution is 0.183. The van der Waals surface area contributed by atoms with Crippen molar-refractivity contribution in [2.45, 2.75) is 46.5 Å². The van der Waals surface area contributed by atoms with Gasteiger partial charge >= 0.3 is 0 Å². The Morgan fingerprint density at radius 3 is 2.67 bits per heavy atom. The van der Waals surface area contributed by atoms with Gasteiger partial charge in [-0.1, -0.05) is 25.9 Å². The number of oxime groups is 1. The second-order valence-corrected chi connectivity index (χ2v) is 5.53. The van der Waals surface area contributed by atoms with E-state index in [9.17, 15) is 0 Å². The van der Waals surface area contributed by atoms with Crippen molar-refractivity contribution in [3.63, 3.8) is 0 Å².